The highest BCUT2D eigenvalue weighted by molar-refractivity contribution is 5.89. The highest BCUT2D eigenvalue weighted by atomic mass is 16.6. The number of rotatable bonds is 2. The van der Waals surface area contributed by atoms with Crippen LogP contribution in [-0.2, 0) is 20.9 Å². The monoisotopic (exact) mass is 279 g/mol. The van der Waals surface area contributed by atoms with Crippen molar-refractivity contribution in [2.45, 2.75) is 26.9 Å². The van der Waals surface area contributed by atoms with Gasteiger partial charge in [-0.1, -0.05) is 49.3 Å². The Morgan fingerprint density at radius 2 is 2.00 bits per heavy atom. The lowest BCUT2D eigenvalue weighted by atomic mass is 10.0. The molecule has 112 valence electrons. The Bertz CT molecular complexity index is 379. The summed E-state index contributed by atoms with van der Waals surface area (Å²) in [5, 5.41) is 3.85. The van der Waals surface area contributed by atoms with Gasteiger partial charge in [-0.15, -0.1) is 0 Å². The summed E-state index contributed by atoms with van der Waals surface area (Å²) in [5.74, 6) is 0.568. The summed E-state index contributed by atoms with van der Waals surface area (Å²) in [5.41, 5.74) is 2.32. The molecule has 0 N–H and O–H groups in total. The van der Waals surface area contributed by atoms with Crippen LogP contribution < -0.4 is 0 Å². The average Bonchev–Trinajstić information content (AvgIpc) is 3.00. The summed E-state index contributed by atoms with van der Waals surface area (Å²) >= 11 is 0. The van der Waals surface area contributed by atoms with Crippen molar-refractivity contribution in [3.8, 4) is 0 Å². The number of nitrogens with zero attached hydrogens (tertiary/aromatic N) is 1. The third-order valence-corrected chi connectivity index (χ3v) is 2.94. The van der Waals surface area contributed by atoms with E-state index < -0.39 is 0 Å². The van der Waals surface area contributed by atoms with Crippen LogP contribution in [0, 0.1) is 5.92 Å². The minimum absolute atomic E-state index is 0.568. The smallest absolute Gasteiger partial charge is 0.125 e. The Hall–Kier alpha value is -1.39. The molecule has 0 amide bonds. The molecule has 2 aliphatic heterocycles. The zero-order valence-corrected chi connectivity index (χ0v) is 12.7. The van der Waals surface area contributed by atoms with Gasteiger partial charge < -0.3 is 14.3 Å². The number of methoxy groups -OCH3 is 1. The third-order valence-electron chi connectivity index (χ3n) is 2.94. The van der Waals surface area contributed by atoms with Crippen LogP contribution in [0.4, 0.5) is 0 Å². The third kappa shape index (κ3) is 5.72. The van der Waals surface area contributed by atoms with E-state index in [4.69, 9.17) is 14.3 Å². The molecule has 0 saturated carbocycles. The molecule has 0 radical (unpaired) electrons. The van der Waals surface area contributed by atoms with E-state index in [1.807, 2.05) is 44.2 Å². The summed E-state index contributed by atoms with van der Waals surface area (Å²) in [7, 11) is 1.70. The molecular formula is C16H25NO3. The van der Waals surface area contributed by atoms with Crippen LogP contribution in [0.15, 0.2) is 35.5 Å². The molecule has 0 aliphatic carbocycles. The van der Waals surface area contributed by atoms with Gasteiger partial charge >= 0.3 is 0 Å². The molecule has 20 heavy (non-hydrogen) atoms. The minimum Gasteiger partial charge on any atom is -0.395 e. The Kier molecular flexibility index (Phi) is 8.67. The number of hydrogen-bond acceptors (Lipinski definition) is 4. The summed E-state index contributed by atoms with van der Waals surface area (Å²) in [6.45, 7) is 7.04. The Morgan fingerprint density at radius 3 is 2.65 bits per heavy atom. The predicted molar refractivity (Wildman–Crippen MR) is 80.8 cm³/mol. The van der Waals surface area contributed by atoms with Crippen molar-refractivity contribution < 1.29 is 14.3 Å². The highest BCUT2D eigenvalue weighted by Gasteiger charge is 2.26. The van der Waals surface area contributed by atoms with Crippen LogP contribution in [0.5, 0.6) is 0 Å². The van der Waals surface area contributed by atoms with Gasteiger partial charge in [0.05, 0.1) is 18.9 Å². The van der Waals surface area contributed by atoms with Crippen molar-refractivity contribution in [2.75, 3.05) is 26.9 Å². The molecule has 1 atom stereocenters. The molecular weight excluding hydrogens is 254 g/mol. The molecule has 1 aromatic carbocycles. The van der Waals surface area contributed by atoms with Crippen molar-refractivity contribution in [3.05, 3.63) is 35.9 Å². The van der Waals surface area contributed by atoms with E-state index in [1.165, 1.54) is 5.56 Å². The fraction of sp³-hybridized carbons (Fsp3) is 0.562. The van der Waals surface area contributed by atoms with Crippen molar-refractivity contribution >= 4 is 5.71 Å². The maximum absolute atomic E-state index is 5.17. The quantitative estimate of drug-likeness (QED) is 0.834. The second-order valence-corrected chi connectivity index (χ2v) is 4.34. The summed E-state index contributed by atoms with van der Waals surface area (Å²) in [6.07, 6.45) is 1.08. The van der Waals surface area contributed by atoms with Gasteiger partial charge in [-0.05, 0) is 12.0 Å². The van der Waals surface area contributed by atoms with E-state index >= 15 is 0 Å². The summed E-state index contributed by atoms with van der Waals surface area (Å²) in [6, 6.07) is 10.1. The molecule has 1 saturated heterocycles. The molecule has 1 fully saturated rings. The maximum Gasteiger partial charge on any atom is 0.125 e. The molecule has 2 aliphatic rings. The summed E-state index contributed by atoms with van der Waals surface area (Å²) in [4.78, 5) is 4.90. The van der Waals surface area contributed by atoms with Crippen LogP contribution in [0.2, 0.25) is 0 Å². The molecule has 4 nitrogen and oxygen atoms in total. The van der Waals surface area contributed by atoms with Crippen molar-refractivity contribution in [3.63, 3.8) is 0 Å². The van der Waals surface area contributed by atoms with E-state index in [9.17, 15) is 0 Å². The topological polar surface area (TPSA) is 40.0 Å². The second-order valence-electron chi connectivity index (χ2n) is 4.34. The van der Waals surface area contributed by atoms with E-state index in [0.717, 1.165) is 25.3 Å². The normalized spacial score (nSPS) is 19.4. The van der Waals surface area contributed by atoms with Gasteiger partial charge in [-0.3, -0.25) is 0 Å². The highest BCUT2D eigenvalue weighted by Crippen LogP contribution is 2.18. The first-order valence-electron chi connectivity index (χ1n) is 7.19. The Balaban J connectivity index is 0.000000178. The zero-order chi connectivity index (χ0) is 14.6. The average molecular weight is 279 g/mol. The number of benzene rings is 1. The lowest BCUT2D eigenvalue weighted by Crippen LogP contribution is -2.26. The number of fused-ring (bicyclic) bond motifs is 1. The van der Waals surface area contributed by atoms with E-state index in [0.29, 0.717) is 19.1 Å². The van der Waals surface area contributed by atoms with E-state index in [1.54, 1.807) is 7.11 Å². The van der Waals surface area contributed by atoms with Crippen LogP contribution in [-0.4, -0.2) is 32.6 Å². The van der Waals surface area contributed by atoms with Crippen molar-refractivity contribution in [2.24, 2.45) is 11.1 Å². The van der Waals surface area contributed by atoms with Crippen LogP contribution in [0.3, 0.4) is 0 Å². The maximum atomic E-state index is 5.17. The molecule has 4 heteroatoms. The first kappa shape index (κ1) is 16.7. The fourth-order valence-corrected chi connectivity index (χ4v) is 1.92. The van der Waals surface area contributed by atoms with Gasteiger partial charge in [0.25, 0.3) is 0 Å². The lowest BCUT2D eigenvalue weighted by Gasteiger charge is -2.15. The molecule has 1 aromatic rings. The zero-order valence-electron chi connectivity index (χ0n) is 12.7. The minimum atomic E-state index is 0.568. The second kappa shape index (κ2) is 10.4. The van der Waals surface area contributed by atoms with Gasteiger partial charge in [-0.2, -0.15) is 0 Å². The van der Waals surface area contributed by atoms with Gasteiger partial charge in [0.1, 0.15) is 6.61 Å². The molecule has 3 rings (SSSR count). The largest absolute Gasteiger partial charge is 0.395 e. The number of oxime groups is 1. The Labute approximate surface area is 121 Å². The van der Waals surface area contributed by atoms with Crippen LogP contribution >= 0.6 is 0 Å². The predicted octanol–water partition coefficient (Wildman–Crippen LogP) is 3.27. The van der Waals surface area contributed by atoms with Gasteiger partial charge in [-0.25, -0.2) is 0 Å². The molecule has 0 aromatic heterocycles. The SMILES string of the molecule is C1CC2CON=C2CO1.CC.COCc1ccccc1. The van der Waals surface area contributed by atoms with Gasteiger partial charge in [0.15, 0.2) is 0 Å². The van der Waals surface area contributed by atoms with Crippen molar-refractivity contribution in [1.29, 1.82) is 0 Å². The fourth-order valence-electron chi connectivity index (χ4n) is 1.92. The first-order valence-corrected chi connectivity index (χ1v) is 7.19. The summed E-state index contributed by atoms with van der Waals surface area (Å²) < 4.78 is 10.1. The van der Waals surface area contributed by atoms with E-state index in [-0.39, 0.29) is 0 Å². The number of hydrogen-bond donors (Lipinski definition) is 0. The molecule has 2 heterocycles. The Morgan fingerprint density at radius 1 is 1.25 bits per heavy atom. The van der Waals surface area contributed by atoms with Crippen LogP contribution in [0.1, 0.15) is 25.8 Å². The first-order chi connectivity index (χ1) is 9.90. The molecule has 1 unspecified atom stereocenters. The van der Waals surface area contributed by atoms with Gasteiger partial charge in [0.2, 0.25) is 0 Å². The molecule has 0 spiro atoms. The molecule has 0 bridgehead atoms. The van der Waals surface area contributed by atoms with Crippen LogP contribution in [0.25, 0.3) is 0 Å². The number of ether oxygens (including phenoxy) is 2. The standard InChI is InChI=1S/C8H10O.C6H9NO2.C2H6/c1-9-7-8-5-3-2-4-6-8;1-2-8-4-6-5(1)3-9-7-6;1-2/h2-6H,7H2,1H3;5H,1-4H2;1-2H3. The van der Waals surface area contributed by atoms with Crippen molar-refractivity contribution in [1.82, 2.24) is 0 Å². The lowest BCUT2D eigenvalue weighted by molar-refractivity contribution is 0.120. The van der Waals surface area contributed by atoms with E-state index in [2.05, 4.69) is 5.16 Å². The van der Waals surface area contributed by atoms with Gasteiger partial charge in [0, 0.05) is 19.6 Å².